The molecule has 3 atom stereocenters. The third-order valence-corrected chi connectivity index (χ3v) is 5.04. The Morgan fingerprint density at radius 1 is 1.27 bits per heavy atom. The van der Waals surface area contributed by atoms with Crippen molar-refractivity contribution in [1.82, 2.24) is 5.43 Å². The van der Waals surface area contributed by atoms with Gasteiger partial charge in [-0.3, -0.25) is 9.59 Å². The van der Waals surface area contributed by atoms with Gasteiger partial charge in [0.15, 0.2) is 0 Å². The number of carbonyl (C=O) groups excluding carboxylic acids is 2. The summed E-state index contributed by atoms with van der Waals surface area (Å²) in [5.41, 5.74) is 5.49. The van der Waals surface area contributed by atoms with E-state index in [9.17, 15) is 9.59 Å². The highest BCUT2D eigenvalue weighted by Crippen LogP contribution is 2.52. The maximum Gasteiger partial charge on any atom is 0.243 e. The molecule has 0 radical (unpaired) electrons. The van der Waals surface area contributed by atoms with Crippen LogP contribution in [0.3, 0.4) is 0 Å². The second-order valence-corrected chi connectivity index (χ2v) is 7.23. The van der Waals surface area contributed by atoms with Gasteiger partial charge in [-0.15, -0.1) is 0 Å². The van der Waals surface area contributed by atoms with E-state index in [2.05, 4.69) is 29.7 Å². The van der Waals surface area contributed by atoms with Crippen LogP contribution in [0.1, 0.15) is 32.3 Å². The van der Waals surface area contributed by atoms with Gasteiger partial charge >= 0.3 is 0 Å². The summed E-state index contributed by atoms with van der Waals surface area (Å²) >= 11 is 0. The Morgan fingerprint density at radius 3 is 2.59 bits per heavy atom. The van der Waals surface area contributed by atoms with Crippen LogP contribution >= 0.6 is 0 Å². The summed E-state index contributed by atoms with van der Waals surface area (Å²) in [5.74, 6) is 0.620. The first-order chi connectivity index (χ1) is 10.5. The molecule has 2 N–H and O–H groups in total. The van der Waals surface area contributed by atoms with Crippen LogP contribution in [-0.2, 0) is 9.59 Å². The Bertz CT molecular complexity index is 690. The minimum absolute atomic E-state index is 0.0321. The minimum Gasteiger partial charge on any atom is -0.326 e. The van der Waals surface area contributed by atoms with E-state index in [1.807, 2.05) is 24.3 Å². The number of anilines is 1. The molecule has 2 fully saturated rings. The van der Waals surface area contributed by atoms with Crippen molar-refractivity contribution in [2.24, 2.45) is 28.3 Å². The number of carbonyl (C=O) groups is 2. The summed E-state index contributed by atoms with van der Waals surface area (Å²) in [6.45, 7) is 4.23. The number of benzene rings is 1. The summed E-state index contributed by atoms with van der Waals surface area (Å²) in [7, 11) is 0. The third kappa shape index (κ3) is 2.21. The van der Waals surface area contributed by atoms with Gasteiger partial charge in [0.1, 0.15) is 0 Å². The fraction of sp³-hybridized carbons (Fsp3) is 0.471. The molecule has 0 aromatic heterocycles. The normalized spacial score (nSPS) is 30.7. The maximum atomic E-state index is 12.1. The van der Waals surface area contributed by atoms with E-state index in [0.717, 1.165) is 29.8 Å². The Labute approximate surface area is 129 Å². The number of fused-ring (bicyclic) bond motifs is 1. The highest BCUT2D eigenvalue weighted by molar-refractivity contribution is 6.09. The van der Waals surface area contributed by atoms with Crippen LogP contribution in [0, 0.1) is 23.2 Å². The van der Waals surface area contributed by atoms with Crippen LogP contribution in [0.2, 0.25) is 0 Å². The molecule has 2 amide bonds. The number of amides is 2. The Morgan fingerprint density at radius 2 is 1.95 bits per heavy atom. The van der Waals surface area contributed by atoms with Gasteiger partial charge in [-0.25, -0.2) is 5.43 Å². The Balaban J connectivity index is 1.45. The maximum absolute atomic E-state index is 12.1. The second kappa shape index (κ2) is 4.41. The molecule has 0 saturated heterocycles. The quantitative estimate of drug-likeness (QED) is 0.897. The molecule has 4 rings (SSSR count). The predicted molar refractivity (Wildman–Crippen MR) is 83.2 cm³/mol. The SMILES string of the molecule is CC1(C)CC1C(=O)Nc1ccc(C2=NNC(=O)C3CC23)cc1. The topological polar surface area (TPSA) is 70.6 Å². The standard InChI is InChI=1S/C17H19N3O2/c1-17(2)8-13(17)16(22)18-10-5-3-9(4-6-10)14-11-7-12(11)15(21)20-19-14/h3-6,11-13H,7-8H2,1-2H3,(H,18,22)(H,20,21). The van der Waals surface area contributed by atoms with Crippen LogP contribution in [0.15, 0.2) is 29.4 Å². The van der Waals surface area contributed by atoms with E-state index >= 15 is 0 Å². The van der Waals surface area contributed by atoms with Crippen molar-refractivity contribution in [2.75, 3.05) is 5.32 Å². The number of nitrogens with one attached hydrogen (secondary N) is 2. The molecule has 1 aromatic rings. The van der Waals surface area contributed by atoms with Gasteiger partial charge in [0, 0.05) is 23.4 Å². The number of rotatable bonds is 3. The van der Waals surface area contributed by atoms with E-state index in [1.54, 1.807) is 0 Å². The van der Waals surface area contributed by atoms with Gasteiger partial charge in [0.05, 0.1) is 5.71 Å². The largest absolute Gasteiger partial charge is 0.326 e. The smallest absolute Gasteiger partial charge is 0.243 e. The number of nitrogens with zero attached hydrogens (tertiary/aromatic N) is 1. The number of hydrogen-bond acceptors (Lipinski definition) is 3. The number of hydrogen-bond donors (Lipinski definition) is 2. The Hall–Kier alpha value is -2.17. The van der Waals surface area contributed by atoms with Crippen molar-refractivity contribution in [1.29, 1.82) is 0 Å². The molecule has 114 valence electrons. The van der Waals surface area contributed by atoms with Gasteiger partial charge in [0.2, 0.25) is 11.8 Å². The zero-order valence-electron chi connectivity index (χ0n) is 12.7. The molecule has 1 aromatic carbocycles. The highest BCUT2D eigenvalue weighted by Gasteiger charge is 2.51. The minimum atomic E-state index is 0.0321. The molecule has 3 aliphatic rings. The Kier molecular flexibility index (Phi) is 2.71. The van der Waals surface area contributed by atoms with Crippen molar-refractivity contribution >= 4 is 23.2 Å². The van der Waals surface area contributed by atoms with Gasteiger partial charge in [0.25, 0.3) is 0 Å². The first-order valence-corrected chi connectivity index (χ1v) is 7.74. The van der Waals surface area contributed by atoms with Crippen molar-refractivity contribution in [3.8, 4) is 0 Å². The lowest BCUT2D eigenvalue weighted by Gasteiger charge is -2.12. The average Bonchev–Trinajstić information content (AvgIpc) is 3.37. The van der Waals surface area contributed by atoms with Crippen molar-refractivity contribution in [3.05, 3.63) is 29.8 Å². The molecular weight excluding hydrogens is 278 g/mol. The van der Waals surface area contributed by atoms with E-state index < -0.39 is 0 Å². The molecule has 2 aliphatic carbocycles. The third-order valence-electron chi connectivity index (χ3n) is 5.04. The molecule has 1 heterocycles. The van der Waals surface area contributed by atoms with Crippen molar-refractivity contribution in [2.45, 2.75) is 26.7 Å². The van der Waals surface area contributed by atoms with Gasteiger partial charge in [-0.05, 0) is 36.0 Å². The molecule has 0 bridgehead atoms. The van der Waals surface area contributed by atoms with E-state index in [4.69, 9.17) is 0 Å². The molecule has 3 unspecified atom stereocenters. The molecule has 22 heavy (non-hydrogen) atoms. The van der Waals surface area contributed by atoms with Gasteiger partial charge in [-0.1, -0.05) is 26.0 Å². The molecule has 5 nitrogen and oxygen atoms in total. The lowest BCUT2D eigenvalue weighted by atomic mass is 10.0. The van der Waals surface area contributed by atoms with Crippen molar-refractivity contribution < 1.29 is 9.59 Å². The first kappa shape index (κ1) is 13.5. The number of hydrazone groups is 1. The molecular formula is C17H19N3O2. The van der Waals surface area contributed by atoms with Gasteiger partial charge in [-0.2, -0.15) is 5.10 Å². The van der Waals surface area contributed by atoms with E-state index in [0.29, 0.717) is 0 Å². The van der Waals surface area contributed by atoms with Crippen molar-refractivity contribution in [3.63, 3.8) is 0 Å². The summed E-state index contributed by atoms with van der Waals surface area (Å²) < 4.78 is 0. The average molecular weight is 297 g/mol. The molecule has 2 saturated carbocycles. The fourth-order valence-electron chi connectivity index (χ4n) is 3.22. The van der Waals surface area contributed by atoms with E-state index in [1.165, 1.54) is 0 Å². The second-order valence-electron chi connectivity index (χ2n) is 7.23. The van der Waals surface area contributed by atoms with Crippen LogP contribution in [0.25, 0.3) is 0 Å². The predicted octanol–water partition coefficient (Wildman–Crippen LogP) is 2.14. The molecule has 5 heteroatoms. The molecule has 1 aliphatic heterocycles. The lowest BCUT2D eigenvalue weighted by Crippen LogP contribution is -2.28. The summed E-state index contributed by atoms with van der Waals surface area (Å²) in [4.78, 5) is 23.5. The zero-order chi connectivity index (χ0) is 15.5. The van der Waals surface area contributed by atoms with Crippen LogP contribution < -0.4 is 10.7 Å². The zero-order valence-corrected chi connectivity index (χ0v) is 12.7. The summed E-state index contributed by atoms with van der Waals surface area (Å²) in [6.07, 6.45) is 1.84. The summed E-state index contributed by atoms with van der Waals surface area (Å²) in [6, 6.07) is 7.72. The van der Waals surface area contributed by atoms with Gasteiger partial charge < -0.3 is 5.32 Å². The van der Waals surface area contributed by atoms with Crippen LogP contribution in [0.5, 0.6) is 0 Å². The van der Waals surface area contributed by atoms with Crippen LogP contribution in [0.4, 0.5) is 5.69 Å². The fourth-order valence-corrected chi connectivity index (χ4v) is 3.22. The molecule has 0 spiro atoms. The first-order valence-electron chi connectivity index (χ1n) is 7.74. The van der Waals surface area contributed by atoms with Crippen LogP contribution in [-0.4, -0.2) is 17.5 Å². The lowest BCUT2D eigenvalue weighted by molar-refractivity contribution is -0.122. The van der Waals surface area contributed by atoms with E-state index in [-0.39, 0.29) is 35.0 Å². The summed E-state index contributed by atoms with van der Waals surface area (Å²) in [5, 5.41) is 7.15. The highest BCUT2D eigenvalue weighted by atomic mass is 16.2. The monoisotopic (exact) mass is 297 g/mol.